The van der Waals surface area contributed by atoms with Gasteiger partial charge >= 0.3 is 0 Å². The Morgan fingerprint density at radius 3 is 2.16 bits per heavy atom. The summed E-state index contributed by atoms with van der Waals surface area (Å²) >= 11 is 0. The van der Waals surface area contributed by atoms with Crippen LogP contribution in [0, 0.1) is 5.92 Å². The van der Waals surface area contributed by atoms with Crippen molar-refractivity contribution >= 4 is 17.5 Å². The second kappa shape index (κ2) is 10.4. The third-order valence-electron chi connectivity index (χ3n) is 6.09. The van der Waals surface area contributed by atoms with Crippen molar-refractivity contribution < 1.29 is 14.3 Å². The maximum atomic E-state index is 12.7. The molecule has 4 rings (SSSR count). The topological polar surface area (TPSA) is 61.9 Å². The zero-order chi connectivity index (χ0) is 21.5. The van der Waals surface area contributed by atoms with Gasteiger partial charge < -0.3 is 15.0 Å². The average molecular weight is 422 g/mol. The Morgan fingerprint density at radius 2 is 1.48 bits per heavy atom. The van der Waals surface area contributed by atoms with E-state index in [0.717, 1.165) is 69.0 Å². The van der Waals surface area contributed by atoms with Gasteiger partial charge in [-0.3, -0.25) is 14.5 Å². The van der Waals surface area contributed by atoms with E-state index >= 15 is 0 Å². The minimum Gasteiger partial charge on any atom is -0.457 e. The van der Waals surface area contributed by atoms with Crippen LogP contribution in [0.1, 0.15) is 32.1 Å². The van der Waals surface area contributed by atoms with Gasteiger partial charge in [-0.1, -0.05) is 18.2 Å². The number of nitrogens with zero attached hydrogens (tertiary/aromatic N) is 2. The highest BCUT2D eigenvalue weighted by Gasteiger charge is 2.29. The van der Waals surface area contributed by atoms with E-state index < -0.39 is 0 Å². The fourth-order valence-corrected chi connectivity index (χ4v) is 4.35. The number of benzene rings is 2. The van der Waals surface area contributed by atoms with Crippen molar-refractivity contribution in [2.45, 2.75) is 32.1 Å². The summed E-state index contributed by atoms with van der Waals surface area (Å²) in [5.41, 5.74) is 0.751. The van der Waals surface area contributed by atoms with E-state index in [1.165, 1.54) is 6.42 Å². The molecule has 2 saturated heterocycles. The molecule has 2 amide bonds. The maximum absolute atomic E-state index is 12.7. The van der Waals surface area contributed by atoms with Gasteiger partial charge in [0.2, 0.25) is 11.8 Å². The molecule has 164 valence electrons. The Kier molecular flexibility index (Phi) is 7.20. The number of anilines is 1. The molecule has 2 aromatic carbocycles. The Morgan fingerprint density at radius 1 is 0.839 bits per heavy atom. The number of amides is 2. The van der Waals surface area contributed by atoms with E-state index in [4.69, 9.17) is 4.74 Å². The molecule has 6 nitrogen and oxygen atoms in total. The SMILES string of the molecule is O=C(CN1CCC(C(=O)N2CCCCC2)CC1)Nc1ccc(Oc2ccccc2)cc1. The van der Waals surface area contributed by atoms with E-state index in [1.807, 2.05) is 59.5 Å². The largest absolute Gasteiger partial charge is 0.457 e. The van der Waals surface area contributed by atoms with Crippen molar-refractivity contribution in [1.82, 2.24) is 9.80 Å². The lowest BCUT2D eigenvalue weighted by atomic mass is 9.94. The van der Waals surface area contributed by atoms with Crippen molar-refractivity contribution in [2.75, 3.05) is 38.0 Å². The van der Waals surface area contributed by atoms with E-state index in [-0.39, 0.29) is 11.8 Å². The number of likely N-dealkylation sites (tertiary alicyclic amines) is 2. The number of carbonyl (C=O) groups excluding carboxylic acids is 2. The minimum absolute atomic E-state index is 0.0301. The normalized spacial score (nSPS) is 17.9. The fourth-order valence-electron chi connectivity index (χ4n) is 4.35. The summed E-state index contributed by atoms with van der Waals surface area (Å²) < 4.78 is 5.78. The molecule has 0 atom stereocenters. The van der Waals surface area contributed by atoms with Crippen molar-refractivity contribution in [1.29, 1.82) is 0 Å². The molecule has 31 heavy (non-hydrogen) atoms. The van der Waals surface area contributed by atoms with Crippen LogP contribution in [0.3, 0.4) is 0 Å². The average Bonchev–Trinajstić information content (AvgIpc) is 2.82. The van der Waals surface area contributed by atoms with Crippen LogP contribution in [0.5, 0.6) is 11.5 Å². The van der Waals surface area contributed by atoms with Gasteiger partial charge in [0.05, 0.1) is 6.54 Å². The molecular formula is C25H31N3O3. The Balaban J connectivity index is 1.20. The standard InChI is InChI=1S/C25H31N3O3/c29-24(26-21-9-11-23(12-10-21)31-22-7-3-1-4-8-22)19-27-17-13-20(14-18-27)25(30)28-15-5-2-6-16-28/h1,3-4,7-12,20H,2,5-6,13-19H2,(H,26,29). The first-order chi connectivity index (χ1) is 15.2. The molecule has 0 bridgehead atoms. The van der Waals surface area contributed by atoms with Crippen molar-refractivity contribution in [3.63, 3.8) is 0 Å². The summed E-state index contributed by atoms with van der Waals surface area (Å²) in [6, 6.07) is 17.0. The van der Waals surface area contributed by atoms with Gasteiger partial charge in [-0.25, -0.2) is 0 Å². The van der Waals surface area contributed by atoms with Crippen LogP contribution in [0.2, 0.25) is 0 Å². The molecule has 0 aromatic heterocycles. The molecule has 2 heterocycles. The Bertz CT molecular complexity index is 855. The highest BCUT2D eigenvalue weighted by molar-refractivity contribution is 5.92. The summed E-state index contributed by atoms with van der Waals surface area (Å²) in [7, 11) is 0. The maximum Gasteiger partial charge on any atom is 0.238 e. The molecule has 1 N–H and O–H groups in total. The number of piperidine rings is 2. The van der Waals surface area contributed by atoms with E-state index in [9.17, 15) is 9.59 Å². The predicted molar refractivity (Wildman–Crippen MR) is 121 cm³/mol. The van der Waals surface area contributed by atoms with Gasteiger partial charge in [0.25, 0.3) is 0 Å². The van der Waals surface area contributed by atoms with Crippen LogP contribution in [-0.2, 0) is 9.59 Å². The number of carbonyl (C=O) groups is 2. The molecule has 0 aliphatic carbocycles. The number of rotatable bonds is 6. The van der Waals surface area contributed by atoms with Crippen LogP contribution in [0.25, 0.3) is 0 Å². The molecule has 0 unspecified atom stereocenters. The molecule has 0 spiro atoms. The summed E-state index contributed by atoms with van der Waals surface area (Å²) in [5, 5.41) is 2.95. The number of hydrogen-bond donors (Lipinski definition) is 1. The smallest absolute Gasteiger partial charge is 0.238 e. The summed E-state index contributed by atoms with van der Waals surface area (Å²) in [6.45, 7) is 3.77. The third-order valence-corrected chi connectivity index (χ3v) is 6.09. The first kappa shape index (κ1) is 21.4. The van der Waals surface area contributed by atoms with Gasteiger partial charge in [-0.2, -0.15) is 0 Å². The second-order valence-corrected chi connectivity index (χ2v) is 8.42. The number of nitrogens with one attached hydrogen (secondary N) is 1. The molecule has 2 aliphatic heterocycles. The lowest BCUT2D eigenvalue weighted by Gasteiger charge is -2.35. The molecule has 6 heteroatoms. The van der Waals surface area contributed by atoms with Gasteiger partial charge in [-0.15, -0.1) is 0 Å². The number of hydrogen-bond acceptors (Lipinski definition) is 4. The van der Waals surface area contributed by atoms with E-state index in [1.54, 1.807) is 0 Å². The summed E-state index contributed by atoms with van der Waals surface area (Å²) in [4.78, 5) is 29.3. The van der Waals surface area contributed by atoms with E-state index in [2.05, 4.69) is 10.2 Å². The predicted octanol–water partition coefficient (Wildman–Crippen LogP) is 4.14. The lowest BCUT2D eigenvalue weighted by molar-refractivity contribution is -0.138. The van der Waals surface area contributed by atoms with Gasteiger partial charge in [0, 0.05) is 24.7 Å². The molecule has 2 aliphatic rings. The van der Waals surface area contributed by atoms with Crippen LogP contribution in [-0.4, -0.2) is 54.3 Å². The molecule has 2 aromatic rings. The third kappa shape index (κ3) is 6.07. The highest BCUT2D eigenvalue weighted by atomic mass is 16.5. The van der Waals surface area contributed by atoms with Gasteiger partial charge in [0.1, 0.15) is 11.5 Å². The first-order valence-corrected chi connectivity index (χ1v) is 11.3. The van der Waals surface area contributed by atoms with Crippen molar-refractivity contribution in [3.05, 3.63) is 54.6 Å². The second-order valence-electron chi connectivity index (χ2n) is 8.42. The number of ether oxygens (including phenoxy) is 1. The number of para-hydroxylation sites is 1. The van der Waals surface area contributed by atoms with E-state index in [0.29, 0.717) is 12.5 Å². The van der Waals surface area contributed by atoms with Gasteiger partial charge in [0.15, 0.2) is 0 Å². The fraction of sp³-hybridized carbons (Fsp3) is 0.440. The van der Waals surface area contributed by atoms with Crippen LogP contribution >= 0.6 is 0 Å². The molecular weight excluding hydrogens is 390 g/mol. The van der Waals surface area contributed by atoms with Crippen LogP contribution < -0.4 is 10.1 Å². The summed E-state index contributed by atoms with van der Waals surface area (Å²) in [5.74, 6) is 1.92. The Labute approximate surface area is 184 Å². The molecule has 0 radical (unpaired) electrons. The zero-order valence-corrected chi connectivity index (χ0v) is 18.0. The molecule has 2 fully saturated rings. The first-order valence-electron chi connectivity index (χ1n) is 11.3. The minimum atomic E-state index is -0.0301. The highest BCUT2D eigenvalue weighted by Crippen LogP contribution is 2.24. The van der Waals surface area contributed by atoms with Crippen molar-refractivity contribution in [3.8, 4) is 11.5 Å². The molecule has 0 saturated carbocycles. The zero-order valence-electron chi connectivity index (χ0n) is 18.0. The van der Waals surface area contributed by atoms with Gasteiger partial charge in [-0.05, 0) is 81.6 Å². The van der Waals surface area contributed by atoms with Crippen LogP contribution in [0.15, 0.2) is 54.6 Å². The quantitative estimate of drug-likeness (QED) is 0.761. The van der Waals surface area contributed by atoms with Crippen molar-refractivity contribution in [2.24, 2.45) is 5.92 Å². The summed E-state index contributed by atoms with van der Waals surface area (Å²) in [6.07, 6.45) is 5.18. The van der Waals surface area contributed by atoms with Crippen LogP contribution in [0.4, 0.5) is 5.69 Å². The Hall–Kier alpha value is -2.86. The monoisotopic (exact) mass is 421 g/mol. The lowest BCUT2D eigenvalue weighted by Crippen LogP contribution is -2.45.